The van der Waals surface area contributed by atoms with Gasteiger partial charge in [-0.1, -0.05) is 6.92 Å². The van der Waals surface area contributed by atoms with Crippen molar-refractivity contribution in [1.29, 1.82) is 0 Å². The van der Waals surface area contributed by atoms with Gasteiger partial charge in [-0.3, -0.25) is 0 Å². The summed E-state index contributed by atoms with van der Waals surface area (Å²) in [5, 5.41) is 0.554. The van der Waals surface area contributed by atoms with Crippen LogP contribution in [0.1, 0.15) is 13.3 Å². The minimum absolute atomic E-state index is 0.0120. The summed E-state index contributed by atoms with van der Waals surface area (Å²) in [6.45, 7) is 21.7. The number of carbonyl (C=O) groups excluding carboxylic acids is 1. The van der Waals surface area contributed by atoms with Gasteiger partial charge >= 0.3 is 25.8 Å². The first kappa shape index (κ1) is 27.2. The fourth-order valence-electron chi connectivity index (χ4n) is 1.28. The molecule has 0 unspecified atom stereocenters. The second kappa shape index (κ2) is 12.0. The first-order chi connectivity index (χ1) is 12.1. The number of ether oxygens (including phenoxy) is 1. The average Bonchev–Trinajstić information content (AvgIpc) is 2.45. The number of hydrogen-bond donors (Lipinski definition) is 0. The maximum absolute atomic E-state index is 12.7. The lowest BCUT2D eigenvalue weighted by atomic mass is 10.5. The van der Waals surface area contributed by atoms with Crippen LogP contribution in [-0.4, -0.2) is 71.6 Å². The highest BCUT2D eigenvalue weighted by Crippen LogP contribution is 2.10. The molecule has 0 atom stereocenters. The van der Waals surface area contributed by atoms with Crippen molar-refractivity contribution in [2.45, 2.75) is 72.3 Å². The van der Waals surface area contributed by atoms with Gasteiger partial charge in [0.05, 0.1) is 0 Å². The summed E-state index contributed by atoms with van der Waals surface area (Å²) in [5.74, 6) is 0. The van der Waals surface area contributed by atoms with E-state index in [0.717, 1.165) is 6.42 Å². The van der Waals surface area contributed by atoms with Crippen LogP contribution in [0.15, 0.2) is 11.1 Å². The van der Waals surface area contributed by atoms with E-state index in [1.54, 1.807) is 4.57 Å². The molecule has 0 bridgehead atoms. The molecule has 0 aliphatic carbocycles. The van der Waals surface area contributed by atoms with Gasteiger partial charge in [0.25, 0.3) is 9.76 Å². The summed E-state index contributed by atoms with van der Waals surface area (Å²) in [6, 6.07) is 0. The van der Waals surface area contributed by atoms with Crippen LogP contribution in [0.3, 0.4) is 0 Å². The number of carbonyl (C=O) groups is 1. The van der Waals surface area contributed by atoms with Crippen molar-refractivity contribution in [3.8, 4) is 0 Å². The molecule has 12 heteroatoms. The quantitative estimate of drug-likeness (QED) is 0.314. The van der Waals surface area contributed by atoms with Gasteiger partial charge in [0.2, 0.25) is 0 Å². The van der Waals surface area contributed by atoms with Crippen molar-refractivity contribution in [2.24, 2.45) is 0 Å². The Morgan fingerprint density at radius 2 is 1.41 bits per heavy atom. The van der Waals surface area contributed by atoms with Crippen LogP contribution < -0.4 is 0 Å². The van der Waals surface area contributed by atoms with Crippen LogP contribution in [-0.2, 0) is 17.1 Å². The Bertz CT molecular complexity index is 485. The molecule has 0 heterocycles. The summed E-state index contributed by atoms with van der Waals surface area (Å²) in [5.41, 5.74) is 1.86. The molecule has 1 amide bonds. The lowest BCUT2D eigenvalue weighted by Crippen LogP contribution is -2.42. The van der Waals surface area contributed by atoms with Gasteiger partial charge < -0.3 is 21.6 Å². The van der Waals surface area contributed by atoms with E-state index < -0.39 is 25.0 Å². The van der Waals surface area contributed by atoms with E-state index in [4.69, 9.17) is 17.1 Å². The summed E-state index contributed by atoms with van der Waals surface area (Å²) >= 11 is 0. The molecule has 0 saturated carbocycles. The van der Waals surface area contributed by atoms with E-state index in [-0.39, 0.29) is 35.5 Å². The zero-order chi connectivity index (χ0) is 21.3. The summed E-state index contributed by atoms with van der Waals surface area (Å²) in [6.07, 6.45) is 0.480. The fourth-order valence-corrected chi connectivity index (χ4v) is 7.24. The summed E-state index contributed by atoms with van der Waals surface area (Å²) in [4.78, 5) is 12.7. The van der Waals surface area contributed by atoms with Crippen molar-refractivity contribution in [3.63, 3.8) is 0 Å². The van der Waals surface area contributed by atoms with Gasteiger partial charge in [-0.2, -0.15) is 0 Å². The molecule has 0 aromatic heterocycles. The van der Waals surface area contributed by atoms with Crippen LogP contribution >= 0.6 is 0 Å². The highest BCUT2D eigenvalue weighted by molar-refractivity contribution is 6.76. The highest BCUT2D eigenvalue weighted by atomic mass is 28.4. The third-order valence-electron chi connectivity index (χ3n) is 2.34. The van der Waals surface area contributed by atoms with Crippen molar-refractivity contribution in [3.05, 3.63) is 11.1 Å². The normalized spacial score (nSPS) is 13.6. The standard InChI is InChI=1S/C15H35NO5Si6/c1-11-12-16(24-21-27(8,9)10)15(17)18-14(23-20-26(5,6)7)13-22-19-25(2,3)4/h13H,11-12H2,1-10H3/b14-13+. The highest BCUT2D eigenvalue weighted by Gasteiger charge is 2.25. The molecule has 0 aromatic carbocycles. The molecule has 154 valence electrons. The molecule has 0 N–H and O–H groups in total. The van der Waals surface area contributed by atoms with Gasteiger partial charge in [-0.25, -0.2) is 4.79 Å². The Labute approximate surface area is 176 Å². The van der Waals surface area contributed by atoms with Crippen LogP contribution in [0.25, 0.3) is 0 Å². The Morgan fingerprint density at radius 3 is 1.85 bits per heavy atom. The zero-order valence-corrected chi connectivity index (χ0v) is 24.5. The van der Waals surface area contributed by atoms with Crippen LogP contribution in [0.4, 0.5) is 4.79 Å². The first-order valence-electron chi connectivity index (χ1n) is 9.14. The van der Waals surface area contributed by atoms with Crippen LogP contribution in [0, 0.1) is 0 Å². The molecule has 0 rings (SSSR count). The second-order valence-electron chi connectivity index (χ2n) is 8.98. The smallest absolute Gasteiger partial charge is 0.408 e. The maximum atomic E-state index is 12.7. The van der Waals surface area contributed by atoms with Gasteiger partial charge in [0.15, 0.2) is 25.0 Å². The Kier molecular flexibility index (Phi) is 12.1. The molecule has 0 aliphatic heterocycles. The predicted octanol–water partition coefficient (Wildman–Crippen LogP) is 3.96. The number of hydrogen-bond acceptors (Lipinski definition) is 5. The number of nitrogens with zero attached hydrogens (tertiary/aromatic N) is 1. The van der Waals surface area contributed by atoms with E-state index >= 15 is 0 Å². The Balaban J connectivity index is 5.05. The van der Waals surface area contributed by atoms with Crippen molar-refractivity contribution in [1.82, 2.24) is 4.57 Å². The third kappa shape index (κ3) is 16.8. The minimum Gasteiger partial charge on any atom is -0.453 e. The average molecular weight is 478 g/mol. The molecule has 6 radical (unpaired) electrons. The number of amides is 1. The monoisotopic (exact) mass is 477 g/mol. The molecule has 0 fully saturated rings. The van der Waals surface area contributed by atoms with Crippen LogP contribution in [0.5, 0.6) is 0 Å². The summed E-state index contributed by atoms with van der Waals surface area (Å²) in [7, 11) is -4.86. The Morgan fingerprint density at radius 1 is 0.889 bits per heavy atom. The molecular weight excluding hydrogens is 443 g/mol. The van der Waals surface area contributed by atoms with E-state index in [2.05, 4.69) is 58.9 Å². The first-order valence-corrected chi connectivity index (χ1v) is 22.1. The molecule has 6 nitrogen and oxygen atoms in total. The second-order valence-corrected chi connectivity index (χ2v) is 26.1. The fraction of sp³-hybridized carbons (Fsp3) is 0.800. The van der Waals surface area contributed by atoms with Gasteiger partial charge in [0, 0.05) is 6.54 Å². The van der Waals surface area contributed by atoms with Crippen molar-refractivity contribution < 1.29 is 21.9 Å². The Hall–Kier alpha value is 0.191. The topological polar surface area (TPSA) is 57.2 Å². The third-order valence-corrected chi connectivity index (χ3v) is 12.7. The molecule has 0 spiro atoms. The minimum atomic E-state index is -1.71. The lowest BCUT2D eigenvalue weighted by molar-refractivity contribution is 0.155. The van der Waals surface area contributed by atoms with Crippen molar-refractivity contribution >= 4 is 60.5 Å². The molecule has 27 heavy (non-hydrogen) atoms. The number of rotatable bonds is 12. The zero-order valence-electron chi connectivity index (χ0n) is 18.5. The van der Waals surface area contributed by atoms with Gasteiger partial charge in [0.1, 0.15) is 5.38 Å². The van der Waals surface area contributed by atoms with E-state index in [1.165, 1.54) is 0 Å². The van der Waals surface area contributed by atoms with E-state index in [9.17, 15) is 4.79 Å². The molecule has 0 aliphatic rings. The van der Waals surface area contributed by atoms with E-state index in [0.29, 0.717) is 11.9 Å². The lowest BCUT2D eigenvalue weighted by Gasteiger charge is -2.25. The largest absolute Gasteiger partial charge is 0.453 e. The molecular formula is C15H35NO5Si6. The van der Waals surface area contributed by atoms with Crippen LogP contribution in [0.2, 0.25) is 58.9 Å². The molecule has 0 saturated heterocycles. The predicted molar refractivity (Wildman–Crippen MR) is 122 cm³/mol. The molecule has 0 aromatic rings. The summed E-state index contributed by atoms with van der Waals surface area (Å²) < 4.78 is 25.1. The van der Waals surface area contributed by atoms with Gasteiger partial charge in [-0.15, -0.1) is 0 Å². The SMILES string of the molecule is CCCN([Si]O[Si](C)(C)C)C(=O)O/C(=C\[Si]O[Si](C)(C)C)[Si]O[Si](C)(C)C. The van der Waals surface area contributed by atoms with Gasteiger partial charge in [-0.05, 0) is 71.0 Å². The van der Waals surface area contributed by atoms with Crippen molar-refractivity contribution in [2.75, 3.05) is 6.54 Å². The maximum Gasteiger partial charge on any atom is 0.408 e. The van der Waals surface area contributed by atoms with E-state index in [1.807, 2.05) is 12.6 Å².